The fraction of sp³-hybridized carbons (Fsp3) is 0.375. The van der Waals surface area contributed by atoms with E-state index in [0.717, 1.165) is 0 Å². The van der Waals surface area contributed by atoms with Crippen LogP contribution in [0.5, 0.6) is 0 Å². The largest absolute Gasteiger partial charge is 0.416 e. The summed E-state index contributed by atoms with van der Waals surface area (Å²) in [6.45, 7) is 0.623. The highest BCUT2D eigenvalue weighted by atomic mass is 19.4. The number of nitrogens with two attached hydrogens (primary N) is 1. The first-order valence-electron chi connectivity index (χ1n) is 8.00. The molecule has 1 fully saturated rings. The van der Waals surface area contributed by atoms with Gasteiger partial charge in [-0.1, -0.05) is 0 Å². The number of benzene rings is 1. The molecule has 152 valence electrons. The van der Waals surface area contributed by atoms with Gasteiger partial charge in [-0.15, -0.1) is 5.10 Å². The van der Waals surface area contributed by atoms with E-state index >= 15 is 0 Å². The van der Waals surface area contributed by atoms with Gasteiger partial charge >= 0.3 is 12.4 Å². The molecule has 0 amide bonds. The maximum Gasteiger partial charge on any atom is 0.416 e. The summed E-state index contributed by atoms with van der Waals surface area (Å²) in [7, 11) is 0. The van der Waals surface area contributed by atoms with E-state index in [0.29, 0.717) is 25.2 Å². The van der Waals surface area contributed by atoms with Gasteiger partial charge in [0, 0.05) is 18.7 Å². The van der Waals surface area contributed by atoms with E-state index in [1.54, 1.807) is 4.90 Å². The normalized spacial score (nSPS) is 17.8. The third kappa shape index (κ3) is 4.12. The van der Waals surface area contributed by atoms with Gasteiger partial charge in [0.25, 0.3) is 0 Å². The molecule has 2 heterocycles. The van der Waals surface area contributed by atoms with Crippen molar-refractivity contribution in [2.45, 2.75) is 24.6 Å². The Labute approximate surface area is 154 Å². The number of hydrogen-bond donors (Lipinski definition) is 2. The Balaban J connectivity index is 2.00. The number of aromatic nitrogens is 3. The number of alkyl halides is 6. The van der Waals surface area contributed by atoms with Crippen LogP contribution < -0.4 is 5.73 Å². The summed E-state index contributed by atoms with van der Waals surface area (Å²) in [6.07, 6.45) is -7.12. The van der Waals surface area contributed by atoms with Crippen LogP contribution >= 0.6 is 0 Å². The maximum absolute atomic E-state index is 13.0. The Bertz CT molecular complexity index is 837. The average Bonchev–Trinajstić information content (AvgIpc) is 3.05. The molecule has 0 bridgehead atoms. The second-order valence-corrected chi connectivity index (χ2v) is 6.25. The minimum absolute atomic E-state index is 0.0436. The first-order chi connectivity index (χ1) is 13.0. The summed E-state index contributed by atoms with van der Waals surface area (Å²) >= 11 is 0. The SMILES string of the molecule is N/C=C\C(N1CC(O)C1)n1cnc(-c2cc(C(F)(F)F)cc(C(F)(F)F)c2)n1. The molecule has 2 aromatic rings. The maximum atomic E-state index is 13.0. The topological polar surface area (TPSA) is 80.2 Å². The fourth-order valence-corrected chi connectivity index (χ4v) is 2.80. The fourth-order valence-electron chi connectivity index (χ4n) is 2.80. The Hall–Kier alpha value is -2.60. The lowest BCUT2D eigenvalue weighted by Crippen LogP contribution is -2.53. The molecule has 6 nitrogen and oxygen atoms in total. The molecule has 1 saturated heterocycles. The Morgan fingerprint density at radius 2 is 1.64 bits per heavy atom. The smallest absolute Gasteiger partial charge is 0.405 e. The molecule has 1 aliphatic rings. The number of rotatable bonds is 4. The Morgan fingerprint density at radius 1 is 1.07 bits per heavy atom. The molecule has 12 heteroatoms. The summed E-state index contributed by atoms with van der Waals surface area (Å²) in [6, 6.07) is 1.17. The van der Waals surface area contributed by atoms with Crippen molar-refractivity contribution >= 4 is 0 Å². The van der Waals surface area contributed by atoms with Gasteiger partial charge in [0.05, 0.1) is 17.2 Å². The highest BCUT2D eigenvalue weighted by molar-refractivity contribution is 5.58. The number of aliphatic hydroxyl groups excluding tert-OH is 1. The highest BCUT2D eigenvalue weighted by Gasteiger charge is 2.37. The van der Waals surface area contributed by atoms with Crippen LogP contribution in [0.3, 0.4) is 0 Å². The van der Waals surface area contributed by atoms with Crippen LogP contribution in [0, 0.1) is 0 Å². The van der Waals surface area contributed by atoms with E-state index in [9.17, 15) is 31.4 Å². The van der Waals surface area contributed by atoms with Crippen LogP contribution in [-0.4, -0.2) is 44.0 Å². The molecule has 1 unspecified atom stereocenters. The van der Waals surface area contributed by atoms with Gasteiger partial charge in [0.1, 0.15) is 12.5 Å². The van der Waals surface area contributed by atoms with Crippen LogP contribution in [0.25, 0.3) is 11.4 Å². The standard InChI is InChI=1S/C16H15F6N5O/c17-15(18,19)10-3-9(4-11(5-10)16(20,21)22)14-24-8-27(25-14)13(1-2-23)26-6-12(28)7-26/h1-5,8,12-13,28H,6-7,23H2/b2-1-. The molecule has 1 aromatic carbocycles. The van der Waals surface area contributed by atoms with Crippen molar-refractivity contribution in [3.63, 3.8) is 0 Å². The van der Waals surface area contributed by atoms with Gasteiger partial charge in [-0.05, 0) is 30.5 Å². The highest BCUT2D eigenvalue weighted by Crippen LogP contribution is 2.38. The summed E-state index contributed by atoms with van der Waals surface area (Å²) in [5.41, 5.74) is 2.08. The second kappa shape index (κ2) is 7.09. The summed E-state index contributed by atoms with van der Waals surface area (Å²) < 4.78 is 79.3. The van der Waals surface area contributed by atoms with Gasteiger partial charge < -0.3 is 10.8 Å². The van der Waals surface area contributed by atoms with Crippen molar-refractivity contribution in [3.8, 4) is 11.4 Å². The molecule has 0 radical (unpaired) electrons. The number of β-amino-alcohol motifs (C(OH)–C–C–N with tert-alkyl or cyclic N) is 1. The Kier molecular flexibility index (Phi) is 5.10. The van der Waals surface area contributed by atoms with Crippen LogP contribution in [0.4, 0.5) is 26.3 Å². The van der Waals surface area contributed by atoms with Gasteiger partial charge in [0.15, 0.2) is 5.82 Å². The number of halogens is 6. The van der Waals surface area contributed by atoms with E-state index in [1.807, 2.05) is 0 Å². The van der Waals surface area contributed by atoms with Crippen LogP contribution in [0.1, 0.15) is 17.3 Å². The summed E-state index contributed by atoms with van der Waals surface area (Å²) in [4.78, 5) is 5.60. The van der Waals surface area contributed by atoms with Crippen LogP contribution in [0.2, 0.25) is 0 Å². The molecular weight excluding hydrogens is 392 g/mol. The van der Waals surface area contributed by atoms with Crippen LogP contribution in [0.15, 0.2) is 36.8 Å². The quantitative estimate of drug-likeness (QED) is 0.762. The zero-order valence-corrected chi connectivity index (χ0v) is 14.1. The zero-order chi connectivity index (χ0) is 20.7. The Morgan fingerprint density at radius 3 is 2.11 bits per heavy atom. The third-order valence-corrected chi connectivity index (χ3v) is 4.17. The molecule has 28 heavy (non-hydrogen) atoms. The molecule has 0 saturated carbocycles. The minimum Gasteiger partial charge on any atom is -0.405 e. The number of aliphatic hydroxyl groups is 1. The average molecular weight is 407 g/mol. The van der Waals surface area contributed by atoms with E-state index in [2.05, 4.69) is 10.1 Å². The van der Waals surface area contributed by atoms with E-state index < -0.39 is 41.3 Å². The molecule has 1 aromatic heterocycles. The number of likely N-dealkylation sites (tertiary alicyclic amines) is 1. The second-order valence-electron chi connectivity index (χ2n) is 6.25. The summed E-state index contributed by atoms with van der Waals surface area (Å²) in [5.74, 6) is -0.298. The molecule has 1 aliphatic heterocycles. The van der Waals surface area contributed by atoms with E-state index in [-0.39, 0.29) is 11.9 Å². The minimum atomic E-state index is -4.96. The first kappa shape index (κ1) is 20.1. The van der Waals surface area contributed by atoms with Crippen molar-refractivity contribution in [1.29, 1.82) is 0 Å². The van der Waals surface area contributed by atoms with Gasteiger partial charge in [-0.2, -0.15) is 26.3 Å². The van der Waals surface area contributed by atoms with Gasteiger partial charge in [-0.3, -0.25) is 4.90 Å². The molecule has 0 aliphatic carbocycles. The van der Waals surface area contributed by atoms with E-state index in [4.69, 9.17) is 5.73 Å². The predicted molar refractivity (Wildman–Crippen MR) is 85.4 cm³/mol. The van der Waals surface area contributed by atoms with E-state index in [1.165, 1.54) is 23.3 Å². The number of nitrogens with zero attached hydrogens (tertiary/aromatic N) is 4. The lowest BCUT2D eigenvalue weighted by atomic mass is 10.0. The van der Waals surface area contributed by atoms with Crippen molar-refractivity contribution in [2.75, 3.05) is 13.1 Å². The van der Waals surface area contributed by atoms with Crippen LogP contribution in [-0.2, 0) is 12.4 Å². The third-order valence-electron chi connectivity index (χ3n) is 4.17. The van der Waals surface area contributed by atoms with Gasteiger partial charge in [0.2, 0.25) is 0 Å². The molecular formula is C16H15F6N5O. The molecule has 1 atom stereocenters. The van der Waals surface area contributed by atoms with Crippen molar-refractivity contribution in [2.24, 2.45) is 5.73 Å². The zero-order valence-electron chi connectivity index (χ0n) is 14.1. The molecule has 0 spiro atoms. The lowest BCUT2D eigenvalue weighted by Gasteiger charge is -2.40. The first-order valence-corrected chi connectivity index (χ1v) is 8.00. The number of hydrogen-bond acceptors (Lipinski definition) is 5. The molecule has 3 N–H and O–H groups in total. The lowest BCUT2D eigenvalue weighted by molar-refractivity contribution is -0.143. The van der Waals surface area contributed by atoms with Gasteiger partial charge in [-0.25, -0.2) is 9.67 Å². The summed E-state index contributed by atoms with van der Waals surface area (Å²) in [5, 5.41) is 13.4. The monoisotopic (exact) mass is 407 g/mol. The molecule has 3 rings (SSSR count). The van der Waals surface area contributed by atoms with Crippen molar-refractivity contribution < 1.29 is 31.4 Å². The van der Waals surface area contributed by atoms with Crippen molar-refractivity contribution in [1.82, 2.24) is 19.7 Å². The van der Waals surface area contributed by atoms with Crippen molar-refractivity contribution in [3.05, 3.63) is 47.9 Å². The predicted octanol–water partition coefficient (Wildman–Crippen LogP) is 2.63.